The molecule has 0 aliphatic rings. The van der Waals surface area contributed by atoms with Crippen LogP contribution in [0.4, 0.5) is 0 Å². The first-order valence-corrected chi connectivity index (χ1v) is 6.75. The molecule has 0 radical (unpaired) electrons. The van der Waals surface area contributed by atoms with Crippen molar-refractivity contribution < 1.29 is 9.53 Å². The number of hydrogen-bond acceptors (Lipinski definition) is 3. The SMILES string of the molecule is COC(=O)CC(C)CC(N)c1c(C)cc(C)cc1C. The van der Waals surface area contributed by atoms with Crippen molar-refractivity contribution in [2.24, 2.45) is 11.7 Å². The molecule has 0 amide bonds. The number of nitrogens with two attached hydrogens (primary N) is 1. The lowest BCUT2D eigenvalue weighted by atomic mass is 9.88. The first-order chi connectivity index (χ1) is 8.85. The van der Waals surface area contributed by atoms with Gasteiger partial charge in [-0.05, 0) is 49.8 Å². The second-order valence-corrected chi connectivity index (χ2v) is 5.54. The molecular weight excluding hydrogens is 238 g/mol. The van der Waals surface area contributed by atoms with E-state index in [1.54, 1.807) is 0 Å². The number of benzene rings is 1. The summed E-state index contributed by atoms with van der Waals surface area (Å²) >= 11 is 0. The Labute approximate surface area is 116 Å². The van der Waals surface area contributed by atoms with E-state index in [1.807, 2.05) is 6.92 Å². The Morgan fingerprint density at radius 2 is 1.79 bits per heavy atom. The highest BCUT2D eigenvalue weighted by Gasteiger charge is 2.17. The maximum Gasteiger partial charge on any atom is 0.305 e. The fraction of sp³-hybridized carbons (Fsp3) is 0.562. The van der Waals surface area contributed by atoms with E-state index < -0.39 is 0 Å². The van der Waals surface area contributed by atoms with Gasteiger partial charge in [-0.25, -0.2) is 0 Å². The van der Waals surface area contributed by atoms with Crippen molar-refractivity contribution in [1.82, 2.24) is 0 Å². The number of rotatable bonds is 5. The second-order valence-electron chi connectivity index (χ2n) is 5.54. The van der Waals surface area contributed by atoms with Crippen molar-refractivity contribution in [3.05, 3.63) is 34.4 Å². The smallest absolute Gasteiger partial charge is 0.305 e. The molecule has 0 bridgehead atoms. The molecule has 1 aromatic rings. The Morgan fingerprint density at radius 1 is 1.26 bits per heavy atom. The second kappa shape index (κ2) is 6.71. The van der Waals surface area contributed by atoms with Gasteiger partial charge < -0.3 is 10.5 Å². The van der Waals surface area contributed by atoms with Gasteiger partial charge in [0, 0.05) is 12.5 Å². The summed E-state index contributed by atoms with van der Waals surface area (Å²) in [5.41, 5.74) is 11.2. The van der Waals surface area contributed by atoms with Gasteiger partial charge in [-0.15, -0.1) is 0 Å². The van der Waals surface area contributed by atoms with Crippen LogP contribution in [0.25, 0.3) is 0 Å². The summed E-state index contributed by atoms with van der Waals surface area (Å²) in [6.07, 6.45) is 1.22. The van der Waals surface area contributed by atoms with E-state index in [0.717, 1.165) is 6.42 Å². The summed E-state index contributed by atoms with van der Waals surface area (Å²) in [6.45, 7) is 8.32. The van der Waals surface area contributed by atoms with Crippen LogP contribution in [0.15, 0.2) is 12.1 Å². The summed E-state index contributed by atoms with van der Waals surface area (Å²) in [4.78, 5) is 11.3. The lowest BCUT2D eigenvalue weighted by Crippen LogP contribution is -2.18. The monoisotopic (exact) mass is 263 g/mol. The summed E-state index contributed by atoms with van der Waals surface area (Å²) in [7, 11) is 1.42. The van der Waals surface area contributed by atoms with Gasteiger partial charge >= 0.3 is 5.97 Å². The summed E-state index contributed by atoms with van der Waals surface area (Å²) in [6, 6.07) is 4.29. The topological polar surface area (TPSA) is 52.3 Å². The number of hydrogen-bond donors (Lipinski definition) is 1. The predicted molar refractivity (Wildman–Crippen MR) is 78.0 cm³/mol. The van der Waals surface area contributed by atoms with E-state index in [0.29, 0.717) is 6.42 Å². The van der Waals surface area contributed by atoms with Gasteiger partial charge in [0.2, 0.25) is 0 Å². The molecule has 0 aliphatic carbocycles. The predicted octanol–water partition coefficient (Wildman–Crippen LogP) is 3.20. The average molecular weight is 263 g/mol. The molecule has 19 heavy (non-hydrogen) atoms. The Bertz CT molecular complexity index is 431. The van der Waals surface area contributed by atoms with Crippen LogP contribution in [0.2, 0.25) is 0 Å². The van der Waals surface area contributed by atoms with Crippen LogP contribution in [-0.4, -0.2) is 13.1 Å². The fourth-order valence-electron chi connectivity index (χ4n) is 2.78. The molecule has 0 fully saturated rings. The van der Waals surface area contributed by atoms with Gasteiger partial charge in [-0.2, -0.15) is 0 Å². The molecule has 2 unspecified atom stereocenters. The molecule has 0 saturated heterocycles. The van der Waals surface area contributed by atoms with E-state index in [2.05, 4.69) is 32.9 Å². The zero-order chi connectivity index (χ0) is 14.6. The van der Waals surface area contributed by atoms with E-state index in [1.165, 1.54) is 29.4 Å². The number of methoxy groups -OCH3 is 1. The van der Waals surface area contributed by atoms with Crippen LogP contribution in [0.5, 0.6) is 0 Å². The maximum atomic E-state index is 11.3. The largest absolute Gasteiger partial charge is 0.469 e. The zero-order valence-corrected chi connectivity index (χ0v) is 12.6. The highest BCUT2D eigenvalue weighted by molar-refractivity contribution is 5.69. The Kier molecular flexibility index (Phi) is 5.55. The molecule has 2 N–H and O–H groups in total. The van der Waals surface area contributed by atoms with Crippen molar-refractivity contribution in [2.45, 2.75) is 46.6 Å². The summed E-state index contributed by atoms with van der Waals surface area (Å²) in [5, 5.41) is 0. The van der Waals surface area contributed by atoms with Gasteiger partial charge in [-0.3, -0.25) is 4.79 Å². The third kappa shape index (κ3) is 4.35. The lowest BCUT2D eigenvalue weighted by molar-refractivity contribution is -0.141. The minimum Gasteiger partial charge on any atom is -0.469 e. The fourth-order valence-corrected chi connectivity index (χ4v) is 2.78. The van der Waals surface area contributed by atoms with Gasteiger partial charge in [-0.1, -0.05) is 24.6 Å². The van der Waals surface area contributed by atoms with Gasteiger partial charge in [0.25, 0.3) is 0 Å². The van der Waals surface area contributed by atoms with Crippen molar-refractivity contribution >= 4 is 5.97 Å². The first kappa shape index (κ1) is 15.7. The summed E-state index contributed by atoms with van der Waals surface area (Å²) in [5.74, 6) is 0.0552. The Balaban J connectivity index is 2.78. The van der Waals surface area contributed by atoms with E-state index in [4.69, 9.17) is 10.5 Å². The van der Waals surface area contributed by atoms with E-state index >= 15 is 0 Å². The number of esters is 1. The Morgan fingerprint density at radius 3 is 2.26 bits per heavy atom. The number of carbonyl (C=O) groups is 1. The molecule has 1 rings (SSSR count). The maximum absolute atomic E-state index is 11.3. The van der Waals surface area contributed by atoms with E-state index in [9.17, 15) is 4.79 Å². The van der Waals surface area contributed by atoms with Gasteiger partial charge in [0.1, 0.15) is 0 Å². The molecule has 0 aliphatic heterocycles. The molecule has 2 atom stereocenters. The number of ether oxygens (including phenoxy) is 1. The normalized spacial score (nSPS) is 14.0. The molecule has 0 saturated carbocycles. The summed E-state index contributed by atoms with van der Waals surface area (Å²) < 4.78 is 4.69. The molecule has 3 heteroatoms. The molecule has 0 spiro atoms. The molecule has 106 valence electrons. The minimum absolute atomic E-state index is 0.0275. The highest BCUT2D eigenvalue weighted by atomic mass is 16.5. The molecule has 0 heterocycles. The molecule has 1 aromatic carbocycles. The van der Waals surface area contributed by atoms with E-state index in [-0.39, 0.29) is 17.9 Å². The van der Waals surface area contributed by atoms with Crippen LogP contribution < -0.4 is 5.73 Å². The quantitative estimate of drug-likeness (QED) is 0.830. The van der Waals surface area contributed by atoms with Crippen LogP contribution in [0, 0.1) is 26.7 Å². The van der Waals surface area contributed by atoms with Crippen molar-refractivity contribution in [3.8, 4) is 0 Å². The van der Waals surface area contributed by atoms with Crippen LogP contribution in [0.3, 0.4) is 0 Å². The van der Waals surface area contributed by atoms with Gasteiger partial charge in [0.15, 0.2) is 0 Å². The van der Waals surface area contributed by atoms with Crippen molar-refractivity contribution in [3.63, 3.8) is 0 Å². The lowest BCUT2D eigenvalue weighted by Gasteiger charge is -2.21. The zero-order valence-electron chi connectivity index (χ0n) is 12.6. The van der Waals surface area contributed by atoms with Crippen LogP contribution >= 0.6 is 0 Å². The third-order valence-electron chi connectivity index (χ3n) is 3.51. The first-order valence-electron chi connectivity index (χ1n) is 6.75. The molecular formula is C16H25NO2. The van der Waals surface area contributed by atoms with Crippen molar-refractivity contribution in [1.29, 1.82) is 0 Å². The Hall–Kier alpha value is -1.35. The number of aryl methyl sites for hydroxylation is 3. The molecule has 0 aromatic heterocycles. The van der Waals surface area contributed by atoms with Crippen molar-refractivity contribution in [2.75, 3.05) is 7.11 Å². The third-order valence-corrected chi connectivity index (χ3v) is 3.51. The standard InChI is InChI=1S/C16H25NO2/c1-10-6-12(3)16(13(4)7-10)14(17)8-11(2)9-15(18)19-5/h6-7,11,14H,8-9,17H2,1-5H3. The molecule has 3 nitrogen and oxygen atoms in total. The number of carbonyl (C=O) groups excluding carboxylic acids is 1. The van der Waals surface area contributed by atoms with Crippen LogP contribution in [0.1, 0.15) is 48.1 Å². The minimum atomic E-state index is -0.169. The van der Waals surface area contributed by atoms with Crippen LogP contribution in [-0.2, 0) is 9.53 Å². The average Bonchev–Trinajstić information content (AvgIpc) is 2.26. The van der Waals surface area contributed by atoms with Gasteiger partial charge in [0.05, 0.1) is 7.11 Å². The highest BCUT2D eigenvalue weighted by Crippen LogP contribution is 2.27.